The van der Waals surface area contributed by atoms with Gasteiger partial charge in [-0.25, -0.2) is 4.79 Å². The first-order chi connectivity index (χ1) is 8.83. The third-order valence-corrected chi connectivity index (χ3v) is 2.37. The van der Waals surface area contributed by atoms with Crippen LogP contribution in [0.2, 0.25) is 0 Å². The van der Waals surface area contributed by atoms with Crippen molar-refractivity contribution in [2.45, 2.75) is 0 Å². The molecule has 0 aliphatic carbocycles. The van der Waals surface area contributed by atoms with Crippen molar-refractivity contribution < 1.29 is 13.9 Å². The fourth-order valence-electron chi connectivity index (χ4n) is 1.56. The van der Waals surface area contributed by atoms with E-state index >= 15 is 0 Å². The van der Waals surface area contributed by atoms with E-state index in [4.69, 9.17) is 9.15 Å². The lowest BCUT2D eigenvalue weighted by molar-refractivity contribution is 0.0701. The second-order valence-electron chi connectivity index (χ2n) is 3.57. The van der Waals surface area contributed by atoms with Crippen LogP contribution in [0.5, 0.6) is 5.75 Å². The summed E-state index contributed by atoms with van der Waals surface area (Å²) in [5.41, 5.74) is 1.41. The molecule has 5 nitrogen and oxygen atoms in total. The molecule has 3 aromatic rings. The molecule has 88 valence electrons. The number of esters is 1. The maximum atomic E-state index is 11.7. The van der Waals surface area contributed by atoms with Crippen LogP contribution in [0.4, 0.5) is 0 Å². The van der Waals surface area contributed by atoms with Gasteiger partial charge in [-0.3, -0.25) is 9.97 Å². The largest absolute Gasteiger partial charge is 0.457 e. The second kappa shape index (κ2) is 4.29. The summed E-state index contributed by atoms with van der Waals surface area (Å²) in [6, 6.07) is 8.24. The Morgan fingerprint density at radius 2 is 1.94 bits per heavy atom. The highest BCUT2D eigenvalue weighted by Crippen LogP contribution is 2.18. The van der Waals surface area contributed by atoms with Gasteiger partial charge in [0.15, 0.2) is 0 Å². The summed E-state index contributed by atoms with van der Waals surface area (Å²) in [7, 11) is 0. The lowest BCUT2D eigenvalue weighted by Crippen LogP contribution is -2.07. The molecule has 0 aliphatic rings. The summed E-state index contributed by atoms with van der Waals surface area (Å²) >= 11 is 0. The predicted molar refractivity (Wildman–Crippen MR) is 63.2 cm³/mol. The molecule has 3 rings (SSSR count). The van der Waals surface area contributed by atoms with Gasteiger partial charge in [-0.2, -0.15) is 0 Å². The molecule has 0 N–H and O–H groups in total. The number of hydrogen-bond acceptors (Lipinski definition) is 5. The number of fused-ring (bicyclic) bond motifs is 1. The zero-order valence-electron chi connectivity index (χ0n) is 9.24. The van der Waals surface area contributed by atoms with Crippen LogP contribution in [0.25, 0.3) is 11.0 Å². The van der Waals surface area contributed by atoms with Gasteiger partial charge < -0.3 is 9.15 Å². The Labute approximate surface area is 102 Å². The Hall–Kier alpha value is -2.69. The lowest BCUT2D eigenvalue weighted by Gasteiger charge is -2.02. The highest BCUT2D eigenvalue weighted by atomic mass is 16.5. The molecule has 2 heterocycles. The highest BCUT2D eigenvalue weighted by molar-refractivity contribution is 5.88. The number of furan rings is 1. The molecule has 5 heteroatoms. The fraction of sp³-hybridized carbons (Fsp3) is 0. The summed E-state index contributed by atoms with van der Waals surface area (Å²) in [5.74, 6) is 0.0295. The van der Waals surface area contributed by atoms with Crippen LogP contribution >= 0.6 is 0 Å². The van der Waals surface area contributed by atoms with E-state index in [2.05, 4.69) is 9.97 Å². The standard InChI is InChI=1S/C13H8N2O3/c16-13(12-2-1-7-17-12)18-9-3-4-10-11(8-9)15-6-5-14-10/h1-8H. The van der Waals surface area contributed by atoms with Crippen molar-refractivity contribution in [1.29, 1.82) is 0 Å². The fourth-order valence-corrected chi connectivity index (χ4v) is 1.56. The molecule has 0 fully saturated rings. The smallest absolute Gasteiger partial charge is 0.379 e. The number of carbonyl (C=O) groups excluding carboxylic acids is 1. The molecule has 2 aromatic heterocycles. The van der Waals surface area contributed by atoms with Gasteiger partial charge in [0.25, 0.3) is 0 Å². The normalized spacial score (nSPS) is 10.4. The molecular formula is C13H8N2O3. The number of rotatable bonds is 2. The van der Waals surface area contributed by atoms with Gasteiger partial charge in [0.2, 0.25) is 5.76 Å². The Morgan fingerprint density at radius 3 is 2.72 bits per heavy atom. The zero-order chi connectivity index (χ0) is 12.4. The van der Waals surface area contributed by atoms with E-state index in [0.717, 1.165) is 5.52 Å². The molecule has 0 bridgehead atoms. The van der Waals surface area contributed by atoms with Gasteiger partial charge in [0.05, 0.1) is 17.3 Å². The average molecular weight is 240 g/mol. The maximum Gasteiger partial charge on any atom is 0.379 e. The van der Waals surface area contributed by atoms with Crippen LogP contribution in [-0.2, 0) is 0 Å². The molecule has 18 heavy (non-hydrogen) atoms. The summed E-state index contributed by atoms with van der Waals surface area (Å²) in [6.45, 7) is 0. The first kappa shape index (κ1) is 10.5. The summed E-state index contributed by atoms with van der Waals surface area (Å²) < 4.78 is 10.1. The molecule has 0 spiro atoms. The summed E-state index contributed by atoms with van der Waals surface area (Å²) in [6.07, 6.45) is 4.61. The Balaban J connectivity index is 1.89. The first-order valence-electron chi connectivity index (χ1n) is 5.29. The van der Waals surface area contributed by atoms with Gasteiger partial charge in [-0.1, -0.05) is 0 Å². The molecule has 1 aromatic carbocycles. The monoisotopic (exact) mass is 240 g/mol. The third kappa shape index (κ3) is 1.93. The van der Waals surface area contributed by atoms with Crippen molar-refractivity contribution >= 4 is 17.0 Å². The van der Waals surface area contributed by atoms with E-state index in [1.807, 2.05) is 0 Å². The van der Waals surface area contributed by atoms with Crippen molar-refractivity contribution in [2.75, 3.05) is 0 Å². The van der Waals surface area contributed by atoms with Crippen molar-refractivity contribution in [2.24, 2.45) is 0 Å². The Morgan fingerprint density at radius 1 is 1.11 bits per heavy atom. The van der Waals surface area contributed by atoms with Crippen LogP contribution in [0.15, 0.2) is 53.4 Å². The van der Waals surface area contributed by atoms with Gasteiger partial charge >= 0.3 is 5.97 Å². The van der Waals surface area contributed by atoms with Crippen LogP contribution in [0, 0.1) is 0 Å². The molecule has 0 radical (unpaired) electrons. The minimum absolute atomic E-state index is 0.161. The second-order valence-corrected chi connectivity index (χ2v) is 3.57. The van der Waals surface area contributed by atoms with Crippen molar-refractivity contribution in [1.82, 2.24) is 9.97 Å². The van der Waals surface area contributed by atoms with Gasteiger partial charge in [-0.05, 0) is 24.3 Å². The van der Waals surface area contributed by atoms with Crippen LogP contribution in [-0.4, -0.2) is 15.9 Å². The highest BCUT2D eigenvalue weighted by Gasteiger charge is 2.11. The van der Waals surface area contributed by atoms with E-state index in [1.54, 1.807) is 42.7 Å². The Bertz CT molecular complexity index is 692. The molecular weight excluding hydrogens is 232 g/mol. The molecule has 0 unspecified atom stereocenters. The van der Waals surface area contributed by atoms with Crippen molar-refractivity contribution in [3.8, 4) is 5.75 Å². The molecule has 0 amide bonds. The average Bonchev–Trinajstić information content (AvgIpc) is 2.92. The van der Waals surface area contributed by atoms with Crippen LogP contribution in [0.3, 0.4) is 0 Å². The molecule has 0 atom stereocenters. The predicted octanol–water partition coefficient (Wildman–Crippen LogP) is 2.44. The van der Waals surface area contributed by atoms with Gasteiger partial charge in [0, 0.05) is 18.5 Å². The van der Waals surface area contributed by atoms with Crippen molar-refractivity contribution in [3.63, 3.8) is 0 Å². The topological polar surface area (TPSA) is 65.2 Å². The summed E-state index contributed by atoms with van der Waals surface area (Å²) in [5, 5.41) is 0. The molecule has 0 saturated heterocycles. The minimum Gasteiger partial charge on any atom is -0.457 e. The van der Waals surface area contributed by atoms with E-state index in [9.17, 15) is 4.79 Å². The number of benzene rings is 1. The van der Waals surface area contributed by atoms with Gasteiger partial charge in [-0.15, -0.1) is 0 Å². The Kier molecular flexibility index (Phi) is 2.49. The lowest BCUT2D eigenvalue weighted by atomic mass is 10.3. The number of aromatic nitrogens is 2. The van der Waals surface area contributed by atoms with Crippen LogP contribution in [0.1, 0.15) is 10.6 Å². The summed E-state index contributed by atoms with van der Waals surface area (Å²) in [4.78, 5) is 19.9. The van der Waals surface area contributed by atoms with Gasteiger partial charge in [0.1, 0.15) is 5.75 Å². The maximum absolute atomic E-state index is 11.7. The van der Waals surface area contributed by atoms with E-state index < -0.39 is 5.97 Å². The molecule has 0 aliphatic heterocycles. The number of nitrogens with zero attached hydrogens (tertiary/aromatic N) is 2. The zero-order valence-corrected chi connectivity index (χ0v) is 9.24. The van der Waals surface area contributed by atoms with E-state index in [1.165, 1.54) is 6.26 Å². The quantitative estimate of drug-likeness (QED) is 0.508. The first-order valence-corrected chi connectivity index (χ1v) is 5.29. The van der Waals surface area contributed by atoms with Crippen molar-refractivity contribution in [3.05, 3.63) is 54.7 Å². The van der Waals surface area contributed by atoms with E-state index in [0.29, 0.717) is 11.3 Å². The SMILES string of the molecule is O=C(Oc1ccc2nccnc2c1)c1ccco1. The number of ether oxygens (including phenoxy) is 1. The van der Waals surface area contributed by atoms with E-state index in [-0.39, 0.29) is 5.76 Å². The van der Waals surface area contributed by atoms with Crippen LogP contribution < -0.4 is 4.74 Å². The number of carbonyl (C=O) groups is 1. The third-order valence-electron chi connectivity index (χ3n) is 2.37. The minimum atomic E-state index is -0.539. The molecule has 0 saturated carbocycles. The number of hydrogen-bond donors (Lipinski definition) is 0.